The van der Waals surface area contributed by atoms with Crippen LogP contribution in [0.2, 0.25) is 0 Å². The number of fused-ring (bicyclic) bond motifs is 1. The number of nitrogen functional groups attached to an aromatic ring is 1. The first-order chi connectivity index (χ1) is 18.3. The van der Waals surface area contributed by atoms with Crippen molar-refractivity contribution in [3.63, 3.8) is 0 Å². The molecule has 2 fully saturated rings. The Morgan fingerprint density at radius 3 is 2.39 bits per heavy atom. The van der Waals surface area contributed by atoms with Crippen LogP contribution in [0.4, 0.5) is 18.9 Å². The van der Waals surface area contributed by atoms with E-state index in [2.05, 4.69) is 16.1 Å². The lowest BCUT2D eigenvalue weighted by atomic mass is 9.84. The Hall–Kier alpha value is -3.30. The second-order valence-electron chi connectivity index (χ2n) is 10.4. The van der Waals surface area contributed by atoms with E-state index in [0.717, 1.165) is 62.1 Å². The van der Waals surface area contributed by atoms with Gasteiger partial charge in [0.05, 0.1) is 6.61 Å². The summed E-state index contributed by atoms with van der Waals surface area (Å²) in [5.41, 5.74) is 9.26. The second-order valence-corrected chi connectivity index (χ2v) is 10.4. The van der Waals surface area contributed by atoms with Gasteiger partial charge in [0.2, 0.25) is 5.91 Å². The van der Waals surface area contributed by atoms with Gasteiger partial charge in [-0.05, 0) is 98.1 Å². The lowest BCUT2D eigenvalue weighted by Gasteiger charge is -2.43. The molecule has 3 aromatic rings. The fourth-order valence-electron chi connectivity index (χ4n) is 6.05. The van der Waals surface area contributed by atoms with E-state index in [0.29, 0.717) is 19.0 Å². The summed E-state index contributed by atoms with van der Waals surface area (Å²) in [7, 11) is 0. The highest BCUT2D eigenvalue weighted by molar-refractivity contribution is 5.91. The van der Waals surface area contributed by atoms with E-state index in [1.54, 1.807) is 4.90 Å². The van der Waals surface area contributed by atoms with Crippen LogP contribution in [0, 0.1) is 23.4 Å². The maximum Gasteiger partial charge on any atom is 0.246 e. The number of nitrogens with zero attached hydrogens (tertiary/aromatic N) is 2. The third-order valence-electron chi connectivity index (χ3n) is 8.18. The molecule has 4 N–H and O–H groups in total. The molecule has 3 heterocycles. The number of carbonyl (C=O) groups excluding carboxylic acids is 1. The highest BCUT2D eigenvalue weighted by Gasteiger charge is 2.34. The molecule has 2 aliphatic rings. The van der Waals surface area contributed by atoms with E-state index >= 15 is 0 Å². The molecule has 1 amide bonds. The number of piperidine rings is 2. The van der Waals surface area contributed by atoms with E-state index in [1.165, 1.54) is 23.1 Å². The van der Waals surface area contributed by atoms with Crippen molar-refractivity contribution >= 4 is 28.6 Å². The van der Waals surface area contributed by atoms with E-state index in [-0.39, 0.29) is 30.0 Å². The smallest absolute Gasteiger partial charge is 0.246 e. The van der Waals surface area contributed by atoms with Gasteiger partial charge in [0.15, 0.2) is 17.5 Å². The molecule has 0 saturated carbocycles. The number of carbonyl (C=O) groups is 1. The third kappa shape index (κ3) is 5.44. The van der Waals surface area contributed by atoms with Crippen LogP contribution in [-0.2, 0) is 4.79 Å². The van der Waals surface area contributed by atoms with Gasteiger partial charge in [-0.25, -0.2) is 13.2 Å². The number of nitrogens with one attached hydrogen (secondary N) is 1. The van der Waals surface area contributed by atoms with Gasteiger partial charge < -0.3 is 20.7 Å². The first-order valence-electron chi connectivity index (χ1n) is 13.2. The van der Waals surface area contributed by atoms with Crippen molar-refractivity contribution in [2.75, 3.05) is 38.5 Å². The molecular weight excluding hydrogens is 493 g/mol. The van der Waals surface area contributed by atoms with Crippen LogP contribution in [-0.4, -0.2) is 64.6 Å². The fraction of sp³-hybridized carbons (Fsp3) is 0.414. The monoisotopic (exact) mass is 526 g/mol. The van der Waals surface area contributed by atoms with Crippen LogP contribution in [0.15, 0.2) is 42.6 Å². The van der Waals surface area contributed by atoms with Crippen LogP contribution < -0.4 is 5.73 Å². The minimum absolute atomic E-state index is 0.0486. The number of rotatable bonds is 6. The number of likely N-dealkylation sites (tertiary alicyclic amines) is 2. The van der Waals surface area contributed by atoms with Crippen molar-refractivity contribution in [2.24, 2.45) is 5.92 Å². The van der Waals surface area contributed by atoms with Gasteiger partial charge in [-0.2, -0.15) is 0 Å². The largest absolute Gasteiger partial charge is 0.399 e. The van der Waals surface area contributed by atoms with Gasteiger partial charge in [-0.3, -0.25) is 9.69 Å². The molecule has 0 aliphatic carbocycles. The number of nitrogens with two attached hydrogens (primary N) is 1. The molecule has 1 aromatic heterocycles. The van der Waals surface area contributed by atoms with Crippen LogP contribution in [0.1, 0.15) is 42.7 Å². The number of hydrogen-bond acceptors (Lipinski definition) is 4. The number of aliphatic hydroxyl groups is 1. The number of anilines is 1. The fourth-order valence-corrected chi connectivity index (χ4v) is 6.05. The van der Waals surface area contributed by atoms with Gasteiger partial charge in [-0.1, -0.05) is 0 Å². The van der Waals surface area contributed by atoms with Crippen LogP contribution in [0.25, 0.3) is 17.0 Å². The Bertz CT molecular complexity index is 1300. The van der Waals surface area contributed by atoms with Crippen molar-refractivity contribution in [1.29, 1.82) is 0 Å². The van der Waals surface area contributed by atoms with E-state index in [9.17, 15) is 23.1 Å². The van der Waals surface area contributed by atoms with Crippen molar-refractivity contribution in [3.05, 3.63) is 71.2 Å². The number of aromatic amines is 1. The molecule has 9 heteroatoms. The molecule has 6 nitrogen and oxygen atoms in total. The highest BCUT2D eigenvalue weighted by Crippen LogP contribution is 2.36. The molecule has 202 valence electrons. The van der Waals surface area contributed by atoms with Gasteiger partial charge in [0, 0.05) is 48.0 Å². The van der Waals surface area contributed by atoms with Crippen molar-refractivity contribution < 1.29 is 23.1 Å². The summed E-state index contributed by atoms with van der Waals surface area (Å²) >= 11 is 0. The zero-order valence-corrected chi connectivity index (χ0v) is 21.2. The van der Waals surface area contributed by atoms with E-state index < -0.39 is 17.5 Å². The van der Waals surface area contributed by atoms with Crippen molar-refractivity contribution in [2.45, 2.75) is 37.6 Å². The summed E-state index contributed by atoms with van der Waals surface area (Å²) in [6.07, 6.45) is 8.20. The predicted molar refractivity (Wildman–Crippen MR) is 142 cm³/mol. The average Bonchev–Trinajstić information content (AvgIpc) is 3.34. The molecule has 1 atom stereocenters. The molecule has 0 bridgehead atoms. The van der Waals surface area contributed by atoms with Gasteiger partial charge in [0.25, 0.3) is 0 Å². The number of aliphatic hydroxyl groups excluding tert-OH is 1. The average molecular weight is 527 g/mol. The molecule has 1 unspecified atom stereocenters. The maximum absolute atomic E-state index is 13.4. The van der Waals surface area contributed by atoms with Crippen molar-refractivity contribution in [3.8, 4) is 0 Å². The molecule has 5 rings (SSSR count). The number of amides is 1. The molecule has 2 aliphatic heterocycles. The lowest BCUT2D eigenvalue weighted by molar-refractivity contribution is -0.127. The van der Waals surface area contributed by atoms with Gasteiger partial charge in [-0.15, -0.1) is 0 Å². The molecule has 0 radical (unpaired) electrons. The second kappa shape index (κ2) is 11.2. The summed E-state index contributed by atoms with van der Waals surface area (Å²) < 4.78 is 40.0. The standard InChI is InChI=1S/C29H33F3N4O2/c30-24-13-18(14-25(31)29(24)32)1-4-28(38)36-11-7-20(8-12-36)27(17-37)35-9-5-19(6-10-35)23-16-34-26-3-2-21(33)15-22(23)26/h1-4,13-16,19-20,27,34,37H,5-12,17,33H2/b4-1+. The molecule has 2 aromatic carbocycles. The first kappa shape index (κ1) is 26.3. The Labute approximate surface area is 219 Å². The van der Waals surface area contributed by atoms with Gasteiger partial charge in [0.1, 0.15) is 0 Å². The Morgan fingerprint density at radius 1 is 1.05 bits per heavy atom. The normalized spacial score (nSPS) is 19.0. The third-order valence-corrected chi connectivity index (χ3v) is 8.18. The van der Waals surface area contributed by atoms with E-state index in [1.807, 2.05) is 18.2 Å². The summed E-state index contributed by atoms with van der Waals surface area (Å²) in [6.45, 7) is 2.97. The topological polar surface area (TPSA) is 85.6 Å². The minimum atomic E-state index is -1.53. The van der Waals surface area contributed by atoms with Gasteiger partial charge >= 0.3 is 0 Å². The number of H-pyrrole nitrogens is 1. The number of benzene rings is 2. The Morgan fingerprint density at radius 2 is 1.74 bits per heavy atom. The Kier molecular flexibility index (Phi) is 7.76. The molecule has 0 spiro atoms. The molecule has 38 heavy (non-hydrogen) atoms. The predicted octanol–water partition coefficient (Wildman–Crippen LogP) is 4.66. The zero-order chi connectivity index (χ0) is 26.8. The number of aromatic nitrogens is 1. The summed E-state index contributed by atoms with van der Waals surface area (Å²) in [6, 6.07) is 7.72. The van der Waals surface area contributed by atoms with Crippen LogP contribution in [0.3, 0.4) is 0 Å². The number of hydrogen-bond donors (Lipinski definition) is 3. The van der Waals surface area contributed by atoms with E-state index in [4.69, 9.17) is 5.73 Å². The van der Waals surface area contributed by atoms with Crippen molar-refractivity contribution in [1.82, 2.24) is 14.8 Å². The minimum Gasteiger partial charge on any atom is -0.399 e. The quantitative estimate of drug-likeness (QED) is 0.248. The Balaban J connectivity index is 1.14. The first-order valence-corrected chi connectivity index (χ1v) is 13.2. The molecular formula is C29H33F3N4O2. The lowest BCUT2D eigenvalue weighted by Crippen LogP contribution is -2.50. The summed E-state index contributed by atoms with van der Waals surface area (Å²) in [4.78, 5) is 20.1. The summed E-state index contributed by atoms with van der Waals surface area (Å²) in [5, 5.41) is 11.4. The maximum atomic E-state index is 13.4. The highest BCUT2D eigenvalue weighted by atomic mass is 19.2. The summed E-state index contributed by atoms with van der Waals surface area (Å²) in [5.74, 6) is -3.64. The van der Waals surface area contributed by atoms with Crippen LogP contribution in [0.5, 0.6) is 0 Å². The zero-order valence-electron chi connectivity index (χ0n) is 21.2. The van der Waals surface area contributed by atoms with Crippen LogP contribution >= 0.6 is 0 Å². The SMILES string of the molecule is Nc1ccc2[nH]cc(C3CCN(C(CO)C4CCN(C(=O)/C=C/c5cc(F)c(F)c(F)c5)CC4)CC3)c2c1. The number of halogens is 3. The molecule has 2 saturated heterocycles.